The number of carbonyl (C=O) groups excluding carboxylic acids is 1. The number of aryl methyl sites for hydroxylation is 1. The Balaban J connectivity index is 3.03. The van der Waals surface area contributed by atoms with Crippen LogP contribution in [0, 0.1) is 22.5 Å². The second-order valence-corrected chi connectivity index (χ2v) is 3.48. The quantitative estimate of drug-likeness (QED) is 0.444. The molecule has 0 saturated heterocycles. The van der Waals surface area contributed by atoms with Gasteiger partial charge in [0.05, 0.1) is 17.7 Å². The summed E-state index contributed by atoms with van der Waals surface area (Å²) in [5, 5.41) is 10.6. The van der Waals surface area contributed by atoms with E-state index in [1.165, 1.54) is 21.7 Å². The number of amides is 1. The molecule has 1 rings (SSSR count). The van der Waals surface area contributed by atoms with Gasteiger partial charge >= 0.3 is 0 Å². The molecule has 90 valence electrons. The zero-order chi connectivity index (χ0) is 13.0. The van der Waals surface area contributed by atoms with E-state index in [0.717, 1.165) is 0 Å². The molecule has 1 heterocycles. The molecule has 0 aliphatic carbocycles. The molecule has 17 heavy (non-hydrogen) atoms. The van der Waals surface area contributed by atoms with E-state index < -0.39 is 4.92 Å². The molecule has 6 heteroatoms. The van der Waals surface area contributed by atoms with Crippen LogP contribution in [-0.4, -0.2) is 33.4 Å². The average molecular weight is 235 g/mol. The second-order valence-electron chi connectivity index (χ2n) is 3.48. The molecular formula is C11H13N3O3. The standard InChI is InChI=1S/C11H13N3O3/c1-4-6-13(5-2)11(15)10-7-9(14(16)17)8-12(10)3/h1,7-8H,5-6H2,2-3H3. The molecule has 0 saturated carbocycles. The van der Waals surface area contributed by atoms with E-state index in [1.54, 1.807) is 14.0 Å². The van der Waals surface area contributed by atoms with Crippen molar-refractivity contribution in [1.29, 1.82) is 0 Å². The topological polar surface area (TPSA) is 68.4 Å². The molecule has 0 unspecified atom stereocenters. The minimum absolute atomic E-state index is 0.104. The van der Waals surface area contributed by atoms with E-state index in [9.17, 15) is 14.9 Å². The summed E-state index contributed by atoms with van der Waals surface area (Å²) < 4.78 is 1.43. The molecule has 1 aromatic heterocycles. The fourth-order valence-electron chi connectivity index (χ4n) is 1.46. The number of terminal acetylenes is 1. The highest BCUT2D eigenvalue weighted by Crippen LogP contribution is 2.16. The summed E-state index contributed by atoms with van der Waals surface area (Å²) in [5.74, 6) is 2.08. The van der Waals surface area contributed by atoms with Crippen LogP contribution in [0.2, 0.25) is 0 Å². The van der Waals surface area contributed by atoms with E-state index in [1.807, 2.05) is 0 Å². The SMILES string of the molecule is C#CCN(CC)C(=O)c1cc([N+](=O)[O-])cn1C. The van der Waals surface area contributed by atoms with E-state index >= 15 is 0 Å². The summed E-state index contributed by atoms with van der Waals surface area (Å²) in [5.41, 5.74) is 0.154. The van der Waals surface area contributed by atoms with Gasteiger partial charge in [-0.1, -0.05) is 5.92 Å². The predicted molar refractivity (Wildman–Crippen MR) is 62.5 cm³/mol. The molecule has 1 amide bonds. The number of carbonyl (C=O) groups is 1. The van der Waals surface area contributed by atoms with Gasteiger partial charge in [0.15, 0.2) is 0 Å². The van der Waals surface area contributed by atoms with Crippen molar-refractivity contribution in [2.24, 2.45) is 7.05 Å². The van der Waals surface area contributed by atoms with Gasteiger partial charge in [-0.05, 0) is 6.92 Å². The Morgan fingerprint density at radius 2 is 2.35 bits per heavy atom. The third kappa shape index (κ3) is 2.64. The Labute approximate surface area is 99.0 Å². The first-order valence-corrected chi connectivity index (χ1v) is 5.04. The Morgan fingerprint density at radius 1 is 1.71 bits per heavy atom. The smallest absolute Gasteiger partial charge is 0.287 e. The fraction of sp³-hybridized carbons (Fsp3) is 0.364. The van der Waals surface area contributed by atoms with Crippen LogP contribution < -0.4 is 0 Å². The van der Waals surface area contributed by atoms with Crippen molar-refractivity contribution in [2.75, 3.05) is 13.1 Å². The van der Waals surface area contributed by atoms with Gasteiger partial charge in [-0.2, -0.15) is 0 Å². The first kappa shape index (κ1) is 12.8. The molecule has 0 radical (unpaired) electrons. The molecule has 0 fully saturated rings. The molecule has 0 N–H and O–H groups in total. The maximum absolute atomic E-state index is 12.0. The van der Waals surface area contributed by atoms with Crippen LogP contribution in [-0.2, 0) is 7.05 Å². The van der Waals surface area contributed by atoms with Gasteiger partial charge in [0, 0.05) is 19.7 Å². The van der Waals surface area contributed by atoms with Crippen molar-refractivity contribution in [3.05, 3.63) is 28.1 Å². The first-order chi connectivity index (χ1) is 8.01. The van der Waals surface area contributed by atoms with E-state index in [4.69, 9.17) is 6.42 Å². The Hall–Kier alpha value is -2.29. The highest BCUT2D eigenvalue weighted by molar-refractivity contribution is 5.93. The summed E-state index contributed by atoms with van der Waals surface area (Å²) >= 11 is 0. The molecule has 0 atom stereocenters. The number of hydrogen-bond donors (Lipinski definition) is 0. The average Bonchev–Trinajstić information content (AvgIpc) is 2.67. The van der Waals surface area contributed by atoms with Crippen LogP contribution in [0.3, 0.4) is 0 Å². The lowest BCUT2D eigenvalue weighted by atomic mass is 10.3. The molecule has 6 nitrogen and oxygen atoms in total. The second kappa shape index (κ2) is 5.16. The van der Waals surface area contributed by atoms with Gasteiger partial charge < -0.3 is 9.47 Å². The lowest BCUT2D eigenvalue weighted by Gasteiger charge is -2.17. The zero-order valence-corrected chi connectivity index (χ0v) is 9.71. The molecule has 0 spiro atoms. The van der Waals surface area contributed by atoms with Crippen molar-refractivity contribution in [2.45, 2.75) is 6.92 Å². The number of nitrogens with zero attached hydrogens (tertiary/aromatic N) is 3. The highest BCUT2D eigenvalue weighted by atomic mass is 16.6. The van der Waals surface area contributed by atoms with Crippen molar-refractivity contribution in [3.8, 4) is 12.3 Å². The highest BCUT2D eigenvalue weighted by Gasteiger charge is 2.20. The van der Waals surface area contributed by atoms with Gasteiger partial charge in [0.1, 0.15) is 5.69 Å². The molecule has 0 aliphatic heterocycles. The normalized spacial score (nSPS) is 9.71. The van der Waals surface area contributed by atoms with Crippen LogP contribution in [0.15, 0.2) is 12.3 Å². The molecular weight excluding hydrogens is 222 g/mol. The number of hydrogen-bond acceptors (Lipinski definition) is 3. The van der Waals surface area contributed by atoms with E-state index in [2.05, 4.69) is 5.92 Å². The summed E-state index contributed by atoms with van der Waals surface area (Å²) in [6.07, 6.45) is 6.46. The van der Waals surface area contributed by atoms with Crippen molar-refractivity contribution in [1.82, 2.24) is 9.47 Å². The van der Waals surface area contributed by atoms with Crippen LogP contribution >= 0.6 is 0 Å². The van der Waals surface area contributed by atoms with Gasteiger partial charge in [0.25, 0.3) is 11.6 Å². The van der Waals surface area contributed by atoms with Crippen molar-refractivity contribution >= 4 is 11.6 Å². The Kier molecular flexibility index (Phi) is 3.88. The Bertz CT molecular complexity index is 485. The predicted octanol–water partition coefficient (Wildman–Crippen LogP) is 1.03. The Morgan fingerprint density at radius 3 is 2.76 bits per heavy atom. The number of nitro groups is 1. The van der Waals surface area contributed by atoms with Crippen LogP contribution in [0.1, 0.15) is 17.4 Å². The van der Waals surface area contributed by atoms with Gasteiger partial charge in [0.2, 0.25) is 0 Å². The van der Waals surface area contributed by atoms with Crippen LogP contribution in [0.4, 0.5) is 5.69 Å². The summed E-state index contributed by atoms with van der Waals surface area (Å²) in [7, 11) is 1.59. The summed E-state index contributed by atoms with van der Waals surface area (Å²) in [6, 6.07) is 1.25. The van der Waals surface area contributed by atoms with Crippen LogP contribution in [0.5, 0.6) is 0 Å². The van der Waals surface area contributed by atoms with E-state index in [-0.39, 0.29) is 23.8 Å². The largest absolute Gasteiger partial charge is 0.340 e. The van der Waals surface area contributed by atoms with Gasteiger partial charge in [-0.25, -0.2) is 0 Å². The monoisotopic (exact) mass is 235 g/mol. The van der Waals surface area contributed by atoms with Crippen molar-refractivity contribution in [3.63, 3.8) is 0 Å². The van der Waals surface area contributed by atoms with Crippen molar-refractivity contribution < 1.29 is 9.72 Å². The minimum Gasteiger partial charge on any atom is -0.340 e. The molecule has 0 aromatic carbocycles. The van der Waals surface area contributed by atoms with Crippen LogP contribution in [0.25, 0.3) is 0 Å². The number of rotatable bonds is 4. The third-order valence-electron chi connectivity index (χ3n) is 2.37. The first-order valence-electron chi connectivity index (χ1n) is 5.04. The zero-order valence-electron chi connectivity index (χ0n) is 9.71. The lowest BCUT2D eigenvalue weighted by Crippen LogP contribution is -2.32. The molecule has 0 bridgehead atoms. The van der Waals surface area contributed by atoms with Gasteiger partial charge in [-0.3, -0.25) is 14.9 Å². The van der Waals surface area contributed by atoms with E-state index in [0.29, 0.717) is 6.54 Å². The third-order valence-corrected chi connectivity index (χ3v) is 2.37. The minimum atomic E-state index is -0.533. The maximum Gasteiger partial charge on any atom is 0.287 e. The maximum atomic E-state index is 12.0. The summed E-state index contributed by atoms with van der Waals surface area (Å²) in [4.78, 5) is 23.5. The summed E-state index contributed by atoms with van der Waals surface area (Å²) in [6.45, 7) is 2.45. The number of aromatic nitrogens is 1. The fourth-order valence-corrected chi connectivity index (χ4v) is 1.46. The lowest BCUT2D eigenvalue weighted by molar-refractivity contribution is -0.384. The molecule has 1 aromatic rings. The molecule has 0 aliphatic rings. The van der Waals surface area contributed by atoms with Gasteiger partial charge in [-0.15, -0.1) is 6.42 Å².